The van der Waals surface area contributed by atoms with Crippen molar-refractivity contribution in [3.8, 4) is 5.75 Å². The minimum absolute atomic E-state index is 0.275. The van der Waals surface area contributed by atoms with Crippen molar-refractivity contribution in [1.82, 2.24) is 0 Å². The average molecular weight is 283 g/mol. The van der Waals surface area contributed by atoms with E-state index in [0.717, 1.165) is 11.4 Å². The predicted octanol–water partition coefficient (Wildman–Crippen LogP) is 5.21. The minimum atomic E-state index is 0.275. The number of anilines is 1. The number of benzene rings is 2. The summed E-state index contributed by atoms with van der Waals surface area (Å²) in [5.41, 5.74) is 3.81. The molecule has 1 atom stereocenters. The molecule has 112 valence electrons. The van der Waals surface area contributed by atoms with Gasteiger partial charge in [-0.3, -0.25) is 0 Å². The number of rotatable bonds is 7. The highest BCUT2D eigenvalue weighted by Gasteiger charge is 2.06. The maximum Gasteiger partial charge on any atom is 0.120 e. The highest BCUT2D eigenvalue weighted by atomic mass is 16.5. The lowest BCUT2D eigenvalue weighted by Crippen LogP contribution is -2.06. The van der Waals surface area contributed by atoms with Crippen LogP contribution in [0.4, 0.5) is 5.69 Å². The number of hydrogen-bond acceptors (Lipinski definition) is 2. The van der Waals surface area contributed by atoms with Crippen molar-refractivity contribution < 1.29 is 4.74 Å². The minimum Gasteiger partial charge on any atom is -0.497 e. The molecule has 2 aromatic rings. The fraction of sp³-hybridized carbons (Fsp3) is 0.368. The van der Waals surface area contributed by atoms with Gasteiger partial charge in [0.2, 0.25) is 0 Å². The predicted molar refractivity (Wildman–Crippen MR) is 90.1 cm³/mol. The summed E-state index contributed by atoms with van der Waals surface area (Å²) in [6.07, 6.45) is 3.68. The van der Waals surface area contributed by atoms with Crippen LogP contribution in [0.3, 0.4) is 0 Å². The Morgan fingerprint density at radius 1 is 1.10 bits per heavy atom. The van der Waals surface area contributed by atoms with E-state index < -0.39 is 0 Å². The van der Waals surface area contributed by atoms with Crippen molar-refractivity contribution in [1.29, 1.82) is 0 Å². The summed E-state index contributed by atoms with van der Waals surface area (Å²) < 4.78 is 5.26. The molecule has 2 heteroatoms. The van der Waals surface area contributed by atoms with Crippen molar-refractivity contribution in [2.24, 2.45) is 0 Å². The first-order chi connectivity index (χ1) is 10.2. The molecule has 0 radical (unpaired) electrons. The van der Waals surface area contributed by atoms with E-state index in [9.17, 15) is 0 Å². The maximum absolute atomic E-state index is 5.26. The van der Waals surface area contributed by atoms with Crippen molar-refractivity contribution >= 4 is 5.69 Å². The van der Waals surface area contributed by atoms with E-state index in [2.05, 4.69) is 49.5 Å². The van der Waals surface area contributed by atoms with Crippen LogP contribution in [0.5, 0.6) is 5.75 Å². The second kappa shape index (κ2) is 7.72. The van der Waals surface area contributed by atoms with Gasteiger partial charge in [0.15, 0.2) is 0 Å². The number of aryl methyl sites for hydroxylation is 1. The molecule has 0 aromatic heterocycles. The lowest BCUT2D eigenvalue weighted by atomic mass is 10.0. The Hall–Kier alpha value is -1.96. The first-order valence-electron chi connectivity index (χ1n) is 7.72. The number of nitrogens with one attached hydrogen (secondary N) is 1. The van der Waals surface area contributed by atoms with Crippen LogP contribution in [0.2, 0.25) is 0 Å². The lowest BCUT2D eigenvalue weighted by molar-refractivity contribution is 0.415. The maximum atomic E-state index is 5.26. The van der Waals surface area contributed by atoms with Crippen molar-refractivity contribution in [2.75, 3.05) is 12.4 Å². The van der Waals surface area contributed by atoms with Crippen LogP contribution in [-0.4, -0.2) is 7.11 Å². The van der Waals surface area contributed by atoms with Gasteiger partial charge in [-0.05, 0) is 43.0 Å². The third kappa shape index (κ3) is 4.52. The zero-order valence-corrected chi connectivity index (χ0v) is 13.2. The lowest BCUT2D eigenvalue weighted by Gasteiger charge is -2.16. The Balaban J connectivity index is 2.00. The van der Waals surface area contributed by atoms with Crippen LogP contribution in [0.15, 0.2) is 48.5 Å². The van der Waals surface area contributed by atoms with Crippen LogP contribution >= 0.6 is 0 Å². The number of hydrogen-bond donors (Lipinski definition) is 1. The molecular weight excluding hydrogens is 258 g/mol. The highest BCUT2D eigenvalue weighted by molar-refractivity contribution is 5.49. The number of unbranched alkanes of at least 4 members (excludes halogenated alkanes) is 1. The highest BCUT2D eigenvalue weighted by Crippen LogP contribution is 2.23. The van der Waals surface area contributed by atoms with Crippen LogP contribution < -0.4 is 10.1 Å². The van der Waals surface area contributed by atoms with E-state index >= 15 is 0 Å². The summed E-state index contributed by atoms with van der Waals surface area (Å²) in [7, 11) is 1.69. The van der Waals surface area contributed by atoms with Gasteiger partial charge in [0, 0.05) is 17.8 Å². The largest absolute Gasteiger partial charge is 0.497 e. The molecule has 0 amide bonds. The monoisotopic (exact) mass is 283 g/mol. The molecular formula is C19H25NO. The molecule has 2 nitrogen and oxygen atoms in total. The first-order valence-corrected chi connectivity index (χ1v) is 7.72. The fourth-order valence-electron chi connectivity index (χ4n) is 2.40. The summed E-state index contributed by atoms with van der Waals surface area (Å²) >= 11 is 0. The van der Waals surface area contributed by atoms with E-state index in [4.69, 9.17) is 4.74 Å². The molecule has 1 N–H and O–H groups in total. The molecule has 0 aliphatic heterocycles. The van der Waals surface area contributed by atoms with E-state index in [1.54, 1.807) is 7.11 Å². The summed E-state index contributed by atoms with van der Waals surface area (Å²) in [6.45, 7) is 4.41. The van der Waals surface area contributed by atoms with Crippen LogP contribution in [0.25, 0.3) is 0 Å². The molecule has 2 rings (SSSR count). The van der Waals surface area contributed by atoms with Crippen molar-refractivity contribution in [2.45, 2.75) is 39.2 Å². The van der Waals surface area contributed by atoms with Gasteiger partial charge < -0.3 is 10.1 Å². The summed E-state index contributed by atoms with van der Waals surface area (Å²) in [4.78, 5) is 0. The second-order valence-corrected chi connectivity index (χ2v) is 5.44. The van der Waals surface area contributed by atoms with Gasteiger partial charge in [0.1, 0.15) is 5.75 Å². The number of ether oxygens (including phenoxy) is 1. The molecule has 0 aliphatic carbocycles. The Morgan fingerprint density at radius 2 is 1.86 bits per heavy atom. The molecule has 2 aromatic carbocycles. The van der Waals surface area contributed by atoms with E-state index in [1.807, 2.05) is 18.2 Å². The normalized spacial score (nSPS) is 12.0. The topological polar surface area (TPSA) is 21.3 Å². The smallest absolute Gasteiger partial charge is 0.120 e. The zero-order chi connectivity index (χ0) is 15.1. The van der Waals surface area contributed by atoms with Crippen molar-refractivity contribution in [3.63, 3.8) is 0 Å². The Bertz CT molecular complexity index is 548. The molecule has 0 saturated carbocycles. The molecule has 0 saturated heterocycles. The Kier molecular flexibility index (Phi) is 5.68. The van der Waals surface area contributed by atoms with Crippen LogP contribution in [0, 0.1) is 0 Å². The fourth-order valence-corrected chi connectivity index (χ4v) is 2.40. The van der Waals surface area contributed by atoms with Gasteiger partial charge in [0.05, 0.1) is 7.11 Å². The average Bonchev–Trinajstić information content (AvgIpc) is 2.53. The molecule has 0 fully saturated rings. The molecule has 0 heterocycles. The number of methoxy groups -OCH3 is 1. The Labute approximate surface area is 128 Å². The molecule has 1 unspecified atom stereocenters. The van der Waals surface area contributed by atoms with Crippen LogP contribution in [0.1, 0.15) is 43.9 Å². The third-order valence-electron chi connectivity index (χ3n) is 3.75. The second-order valence-electron chi connectivity index (χ2n) is 5.44. The van der Waals surface area contributed by atoms with Gasteiger partial charge in [-0.2, -0.15) is 0 Å². The van der Waals surface area contributed by atoms with E-state index in [1.165, 1.54) is 30.4 Å². The van der Waals surface area contributed by atoms with Crippen molar-refractivity contribution in [3.05, 3.63) is 59.7 Å². The van der Waals surface area contributed by atoms with Gasteiger partial charge >= 0.3 is 0 Å². The quantitative estimate of drug-likeness (QED) is 0.753. The molecule has 0 bridgehead atoms. The molecule has 0 spiro atoms. The molecule has 0 aliphatic rings. The Morgan fingerprint density at radius 3 is 2.52 bits per heavy atom. The standard InChI is InChI=1S/C19H25NO/c1-4-5-7-16-10-12-17(13-11-16)15(2)20-18-8-6-9-19(14-18)21-3/h6,8-15,20H,4-5,7H2,1-3H3. The summed E-state index contributed by atoms with van der Waals surface area (Å²) in [5, 5.41) is 3.52. The van der Waals surface area contributed by atoms with Gasteiger partial charge in [0.25, 0.3) is 0 Å². The van der Waals surface area contributed by atoms with E-state index in [0.29, 0.717) is 0 Å². The zero-order valence-electron chi connectivity index (χ0n) is 13.2. The van der Waals surface area contributed by atoms with Gasteiger partial charge in [-0.15, -0.1) is 0 Å². The first kappa shape index (κ1) is 15.4. The molecule has 21 heavy (non-hydrogen) atoms. The van der Waals surface area contributed by atoms with Gasteiger partial charge in [-0.1, -0.05) is 43.7 Å². The van der Waals surface area contributed by atoms with Gasteiger partial charge in [-0.25, -0.2) is 0 Å². The SMILES string of the molecule is CCCCc1ccc(C(C)Nc2cccc(OC)c2)cc1. The van der Waals surface area contributed by atoms with E-state index in [-0.39, 0.29) is 6.04 Å². The summed E-state index contributed by atoms with van der Waals surface area (Å²) in [5.74, 6) is 0.877. The van der Waals surface area contributed by atoms with Crippen LogP contribution in [-0.2, 0) is 6.42 Å². The third-order valence-corrected chi connectivity index (χ3v) is 3.75. The summed E-state index contributed by atoms with van der Waals surface area (Å²) in [6, 6.07) is 17.3.